The van der Waals surface area contributed by atoms with E-state index in [1.807, 2.05) is 0 Å². The molecule has 2 aliphatic carbocycles. The van der Waals surface area contributed by atoms with E-state index in [0.29, 0.717) is 11.1 Å². The topological polar surface area (TPSA) is 143 Å². The van der Waals surface area contributed by atoms with Crippen LogP contribution >= 0.6 is 0 Å². The van der Waals surface area contributed by atoms with Crippen molar-refractivity contribution in [2.24, 2.45) is 0 Å². The van der Waals surface area contributed by atoms with Gasteiger partial charge in [-0.1, -0.05) is 18.2 Å². The Balaban J connectivity index is 1.92. The number of nitriles is 6. The highest BCUT2D eigenvalue weighted by atomic mass is 19.2. The molecule has 0 unspecified atom stereocenters. The molecular formula is C30H6F4N6. The standard InChI is InChI=1S/C30H6F4N6/c31-16-2-4-18-17-3-1-13(5-19(17)23(20(18)6-16)14(7-35)8-36)24-21(11-39)26-27(25(24)15(9-37)10-38)28(32)22(12-40)29(33)30(26)34/h1-6H. The van der Waals surface area contributed by atoms with Gasteiger partial charge in [0.25, 0.3) is 0 Å². The molecule has 0 N–H and O–H groups in total. The van der Waals surface area contributed by atoms with Crippen LogP contribution in [0, 0.1) is 91.3 Å². The lowest BCUT2D eigenvalue weighted by molar-refractivity contribution is 0.488. The molecule has 0 radical (unpaired) electrons. The maximum Gasteiger partial charge on any atom is 0.180 e. The van der Waals surface area contributed by atoms with Crippen LogP contribution in [0.25, 0.3) is 33.4 Å². The molecule has 0 heterocycles. The van der Waals surface area contributed by atoms with Gasteiger partial charge in [-0.15, -0.1) is 0 Å². The molecule has 2 aliphatic rings. The van der Waals surface area contributed by atoms with Crippen LogP contribution in [0.3, 0.4) is 0 Å². The molecule has 3 aromatic carbocycles. The minimum Gasteiger partial charge on any atom is -0.207 e. The number of nitrogens with zero attached hydrogens (tertiary/aromatic N) is 6. The fourth-order valence-electron chi connectivity index (χ4n) is 5.04. The largest absolute Gasteiger partial charge is 0.207 e. The summed E-state index contributed by atoms with van der Waals surface area (Å²) >= 11 is 0. The van der Waals surface area contributed by atoms with Gasteiger partial charge in [-0.05, 0) is 46.0 Å². The molecule has 0 spiro atoms. The Labute approximate surface area is 223 Å². The van der Waals surface area contributed by atoms with Gasteiger partial charge in [0, 0.05) is 27.8 Å². The lowest BCUT2D eigenvalue weighted by atomic mass is 9.89. The molecule has 0 aliphatic heterocycles. The van der Waals surface area contributed by atoms with E-state index < -0.39 is 56.7 Å². The molecule has 10 heteroatoms. The minimum absolute atomic E-state index is 0.0169. The van der Waals surface area contributed by atoms with Crippen LogP contribution in [0.15, 0.2) is 47.5 Å². The van der Waals surface area contributed by atoms with Gasteiger partial charge >= 0.3 is 0 Å². The molecule has 184 valence electrons. The van der Waals surface area contributed by atoms with Crippen molar-refractivity contribution in [3.63, 3.8) is 0 Å². The highest BCUT2D eigenvalue weighted by Crippen LogP contribution is 2.53. The van der Waals surface area contributed by atoms with Gasteiger partial charge in [0.05, 0.1) is 5.57 Å². The van der Waals surface area contributed by atoms with Crippen LogP contribution in [0.1, 0.15) is 33.4 Å². The van der Waals surface area contributed by atoms with Gasteiger partial charge in [-0.25, -0.2) is 17.6 Å². The smallest absolute Gasteiger partial charge is 0.180 e. The van der Waals surface area contributed by atoms with Crippen LogP contribution in [-0.4, -0.2) is 0 Å². The van der Waals surface area contributed by atoms with Crippen LogP contribution in [0.2, 0.25) is 0 Å². The predicted molar refractivity (Wildman–Crippen MR) is 131 cm³/mol. The number of benzene rings is 3. The molecule has 0 atom stereocenters. The second kappa shape index (κ2) is 9.13. The fraction of sp³-hybridized carbons (Fsp3) is 0. The van der Waals surface area contributed by atoms with E-state index in [9.17, 15) is 40.4 Å². The first kappa shape index (κ1) is 25.2. The first-order chi connectivity index (χ1) is 19.3. The van der Waals surface area contributed by atoms with Gasteiger partial charge in [-0.2, -0.15) is 31.6 Å². The molecule has 3 aromatic rings. The number of rotatable bonds is 1. The SMILES string of the molecule is N#CC(C#N)=C1c2cc(F)ccc2-c2ccc(C3=C(C#N)c4c(F)c(F)c(C#N)c(F)c4C3=C(C#N)C#N)cc21. The molecule has 0 aromatic heterocycles. The molecule has 0 fully saturated rings. The van der Waals surface area contributed by atoms with Gasteiger partial charge in [0.15, 0.2) is 17.5 Å². The van der Waals surface area contributed by atoms with Crippen molar-refractivity contribution in [2.75, 3.05) is 0 Å². The zero-order valence-electron chi connectivity index (χ0n) is 19.7. The van der Waals surface area contributed by atoms with Crippen molar-refractivity contribution >= 4 is 22.3 Å². The average molecular weight is 526 g/mol. The molecule has 0 bridgehead atoms. The zero-order valence-corrected chi connectivity index (χ0v) is 19.7. The number of fused-ring (bicyclic) bond motifs is 4. The van der Waals surface area contributed by atoms with Crippen LogP contribution in [0.5, 0.6) is 0 Å². The maximum absolute atomic E-state index is 15.5. The van der Waals surface area contributed by atoms with Gasteiger partial charge in [0.1, 0.15) is 58.9 Å². The van der Waals surface area contributed by atoms with E-state index in [1.165, 1.54) is 36.4 Å². The van der Waals surface area contributed by atoms with Gasteiger partial charge in [0.2, 0.25) is 0 Å². The van der Waals surface area contributed by atoms with Crippen LogP contribution in [-0.2, 0) is 0 Å². The van der Waals surface area contributed by atoms with E-state index in [2.05, 4.69) is 0 Å². The Morgan fingerprint density at radius 2 is 1.12 bits per heavy atom. The summed E-state index contributed by atoms with van der Waals surface area (Å²) < 4.78 is 59.5. The van der Waals surface area contributed by atoms with Crippen molar-refractivity contribution in [2.45, 2.75) is 0 Å². The first-order valence-corrected chi connectivity index (χ1v) is 11.1. The summed E-state index contributed by atoms with van der Waals surface area (Å²) in [6, 6.07) is 17.6. The van der Waals surface area contributed by atoms with Crippen molar-refractivity contribution < 1.29 is 17.6 Å². The Morgan fingerprint density at radius 1 is 0.550 bits per heavy atom. The third-order valence-corrected chi connectivity index (χ3v) is 6.61. The quantitative estimate of drug-likeness (QED) is 0.164. The van der Waals surface area contributed by atoms with E-state index in [-0.39, 0.29) is 33.4 Å². The van der Waals surface area contributed by atoms with Crippen molar-refractivity contribution in [1.82, 2.24) is 0 Å². The number of hydrogen-bond donors (Lipinski definition) is 0. The minimum atomic E-state index is -1.84. The Hall–Kier alpha value is -6.46. The molecule has 6 nitrogen and oxygen atoms in total. The summed E-state index contributed by atoms with van der Waals surface area (Å²) in [5.74, 6) is -5.75. The zero-order chi connectivity index (χ0) is 28.9. The highest BCUT2D eigenvalue weighted by Gasteiger charge is 2.39. The third-order valence-electron chi connectivity index (χ3n) is 6.61. The number of hydrogen-bond acceptors (Lipinski definition) is 6. The maximum atomic E-state index is 15.5. The summed E-state index contributed by atoms with van der Waals surface area (Å²) in [5, 5.41) is 57.7. The third kappa shape index (κ3) is 3.22. The number of halogens is 4. The lowest BCUT2D eigenvalue weighted by Crippen LogP contribution is -2.04. The first-order valence-electron chi connectivity index (χ1n) is 11.1. The lowest BCUT2D eigenvalue weighted by Gasteiger charge is -2.12. The van der Waals surface area contributed by atoms with Crippen molar-refractivity contribution in [1.29, 1.82) is 31.6 Å². The van der Waals surface area contributed by atoms with Gasteiger partial charge < -0.3 is 0 Å². The Kier molecular flexibility index (Phi) is 5.75. The summed E-state index contributed by atoms with van der Waals surface area (Å²) in [6.45, 7) is 0. The summed E-state index contributed by atoms with van der Waals surface area (Å²) in [5.41, 5.74) is -4.02. The van der Waals surface area contributed by atoms with Gasteiger partial charge in [-0.3, -0.25) is 0 Å². The summed E-state index contributed by atoms with van der Waals surface area (Å²) in [4.78, 5) is 0. The van der Waals surface area contributed by atoms with E-state index in [0.717, 1.165) is 6.07 Å². The Bertz CT molecular complexity index is 2080. The molecular weight excluding hydrogens is 520 g/mol. The van der Waals surface area contributed by atoms with E-state index in [1.54, 1.807) is 30.3 Å². The van der Waals surface area contributed by atoms with E-state index >= 15 is 8.78 Å². The van der Waals surface area contributed by atoms with Crippen molar-refractivity contribution in [3.8, 4) is 47.5 Å². The van der Waals surface area contributed by atoms with Crippen LogP contribution in [0.4, 0.5) is 17.6 Å². The fourth-order valence-corrected chi connectivity index (χ4v) is 5.04. The molecule has 5 rings (SSSR count). The highest BCUT2D eigenvalue weighted by molar-refractivity contribution is 6.26. The average Bonchev–Trinajstić information content (AvgIpc) is 3.46. The second-order valence-electron chi connectivity index (χ2n) is 8.44. The second-order valence-corrected chi connectivity index (χ2v) is 8.44. The van der Waals surface area contributed by atoms with Crippen molar-refractivity contribution in [3.05, 3.63) is 104 Å². The molecule has 0 saturated heterocycles. The number of allylic oxidation sites excluding steroid dienone is 5. The van der Waals surface area contributed by atoms with E-state index in [4.69, 9.17) is 0 Å². The normalized spacial score (nSPS) is 12.2. The Morgan fingerprint density at radius 3 is 1.70 bits per heavy atom. The predicted octanol–water partition coefficient (Wildman–Crippen LogP) is 6.19. The summed E-state index contributed by atoms with van der Waals surface area (Å²) in [6.07, 6.45) is 0. The molecule has 0 amide bonds. The molecule has 40 heavy (non-hydrogen) atoms. The summed E-state index contributed by atoms with van der Waals surface area (Å²) in [7, 11) is 0. The monoisotopic (exact) mass is 526 g/mol. The molecule has 0 saturated carbocycles. The van der Waals surface area contributed by atoms with Crippen LogP contribution < -0.4 is 0 Å².